The lowest BCUT2D eigenvalue weighted by molar-refractivity contribution is 0.411. The Bertz CT molecular complexity index is 999. The van der Waals surface area contributed by atoms with Gasteiger partial charge in [-0.25, -0.2) is 9.37 Å². The van der Waals surface area contributed by atoms with Gasteiger partial charge in [0.25, 0.3) is 0 Å². The molecule has 4 nitrogen and oxygen atoms in total. The lowest BCUT2D eigenvalue weighted by Crippen LogP contribution is -2.01. The Morgan fingerprint density at radius 2 is 1.88 bits per heavy atom. The zero-order valence-electron chi connectivity index (χ0n) is 14.6. The molecule has 3 rings (SSSR count). The minimum atomic E-state index is -0.546. The number of benzene rings is 2. The summed E-state index contributed by atoms with van der Waals surface area (Å²) in [6, 6.07) is 12.3. The summed E-state index contributed by atoms with van der Waals surface area (Å²) in [5.74, 6) is 0.905. The van der Waals surface area contributed by atoms with Crippen molar-refractivity contribution in [3.8, 4) is 28.9 Å². The van der Waals surface area contributed by atoms with Crippen molar-refractivity contribution in [1.29, 1.82) is 5.26 Å². The molecule has 126 valence electrons. The first kappa shape index (κ1) is 16.7. The smallest absolute Gasteiger partial charge is 0.145 e. The third-order valence-corrected chi connectivity index (χ3v) is 4.33. The maximum atomic E-state index is 14.1. The fraction of sp³-hybridized carbons (Fsp3) is 0.200. The summed E-state index contributed by atoms with van der Waals surface area (Å²) in [5, 5.41) is 8.92. The quantitative estimate of drug-likeness (QED) is 0.709. The average Bonchev–Trinajstić information content (AvgIpc) is 2.90. The summed E-state index contributed by atoms with van der Waals surface area (Å²) < 4.78 is 21.4. The number of hydrogen-bond acceptors (Lipinski definition) is 3. The molecular formula is C20H18FN3O. The van der Waals surface area contributed by atoms with Crippen molar-refractivity contribution in [3.05, 3.63) is 64.7 Å². The van der Waals surface area contributed by atoms with Gasteiger partial charge in [-0.2, -0.15) is 5.26 Å². The Kier molecular flexibility index (Phi) is 4.28. The molecule has 1 aromatic heterocycles. The van der Waals surface area contributed by atoms with Gasteiger partial charge in [-0.05, 0) is 62.7 Å². The van der Waals surface area contributed by atoms with Crippen LogP contribution in [0.4, 0.5) is 4.39 Å². The molecule has 0 saturated heterocycles. The van der Waals surface area contributed by atoms with E-state index in [0.29, 0.717) is 11.4 Å². The van der Waals surface area contributed by atoms with Crippen LogP contribution in [0.15, 0.2) is 36.4 Å². The summed E-state index contributed by atoms with van der Waals surface area (Å²) in [6.07, 6.45) is 0. The second-order valence-electron chi connectivity index (χ2n) is 5.90. The van der Waals surface area contributed by atoms with Crippen molar-refractivity contribution in [3.63, 3.8) is 0 Å². The van der Waals surface area contributed by atoms with E-state index >= 15 is 0 Å². The van der Waals surface area contributed by atoms with Crippen LogP contribution in [-0.2, 0) is 0 Å². The highest BCUT2D eigenvalue weighted by Crippen LogP contribution is 2.29. The Hall–Kier alpha value is -3.13. The van der Waals surface area contributed by atoms with Crippen molar-refractivity contribution >= 4 is 0 Å². The molecule has 0 N–H and O–H groups in total. The number of rotatable bonds is 3. The van der Waals surface area contributed by atoms with E-state index in [-0.39, 0.29) is 5.56 Å². The monoisotopic (exact) mass is 335 g/mol. The van der Waals surface area contributed by atoms with Crippen LogP contribution in [0, 0.1) is 37.9 Å². The molecule has 0 amide bonds. The van der Waals surface area contributed by atoms with Gasteiger partial charge in [0.15, 0.2) is 0 Å². The third kappa shape index (κ3) is 2.87. The normalized spacial score (nSPS) is 10.6. The number of halogens is 1. The number of hydrogen-bond donors (Lipinski definition) is 0. The van der Waals surface area contributed by atoms with E-state index in [9.17, 15) is 4.39 Å². The fourth-order valence-electron chi connectivity index (χ4n) is 2.87. The molecule has 5 heteroatoms. The zero-order valence-corrected chi connectivity index (χ0v) is 14.6. The minimum absolute atomic E-state index is 0.0237. The molecule has 0 aliphatic heterocycles. The van der Waals surface area contributed by atoms with Gasteiger partial charge in [-0.3, -0.25) is 4.57 Å². The molecule has 0 saturated carbocycles. The molecule has 0 spiro atoms. The lowest BCUT2D eigenvalue weighted by Gasteiger charge is -2.13. The van der Waals surface area contributed by atoms with Gasteiger partial charge in [-0.15, -0.1) is 0 Å². The average molecular weight is 335 g/mol. The third-order valence-electron chi connectivity index (χ3n) is 4.33. The van der Waals surface area contributed by atoms with Gasteiger partial charge < -0.3 is 4.74 Å². The number of nitriles is 1. The highest BCUT2D eigenvalue weighted by Gasteiger charge is 2.16. The molecule has 25 heavy (non-hydrogen) atoms. The van der Waals surface area contributed by atoms with Crippen LogP contribution in [0.5, 0.6) is 5.75 Å². The number of ether oxygens (including phenoxy) is 1. The van der Waals surface area contributed by atoms with Gasteiger partial charge in [0.05, 0.1) is 18.4 Å². The Morgan fingerprint density at radius 1 is 1.12 bits per heavy atom. The highest BCUT2D eigenvalue weighted by molar-refractivity contribution is 5.62. The van der Waals surface area contributed by atoms with Crippen molar-refractivity contribution in [2.75, 3.05) is 7.11 Å². The van der Waals surface area contributed by atoms with Crippen LogP contribution in [0.25, 0.3) is 17.1 Å². The Labute approximate surface area is 146 Å². The largest absolute Gasteiger partial charge is 0.496 e. The van der Waals surface area contributed by atoms with E-state index in [2.05, 4.69) is 4.98 Å². The molecule has 0 radical (unpaired) electrons. The standard InChI is InChI=1S/C20H18FN3O/c1-12-9-17(7-8-19(12)25-4)24-14(3)13(2)23-20(24)15-5-6-16(11-22)18(21)10-15/h5-10H,1-4H3. The number of imidazole rings is 1. The fourth-order valence-corrected chi connectivity index (χ4v) is 2.87. The molecule has 2 aromatic carbocycles. The molecule has 0 atom stereocenters. The molecule has 0 bridgehead atoms. The predicted octanol–water partition coefficient (Wildman–Crippen LogP) is 4.48. The van der Waals surface area contributed by atoms with Crippen LogP contribution >= 0.6 is 0 Å². The van der Waals surface area contributed by atoms with Crippen LogP contribution in [0.3, 0.4) is 0 Å². The van der Waals surface area contributed by atoms with E-state index in [0.717, 1.165) is 28.4 Å². The van der Waals surface area contributed by atoms with E-state index in [1.165, 1.54) is 12.1 Å². The topological polar surface area (TPSA) is 50.8 Å². The molecular weight excluding hydrogens is 317 g/mol. The number of methoxy groups -OCH3 is 1. The number of aryl methyl sites for hydroxylation is 2. The Balaban J connectivity index is 2.21. The van der Waals surface area contributed by atoms with Gasteiger partial charge in [0, 0.05) is 16.9 Å². The number of aromatic nitrogens is 2. The SMILES string of the molecule is COc1ccc(-n2c(-c3ccc(C#N)c(F)c3)nc(C)c2C)cc1C. The van der Waals surface area contributed by atoms with Gasteiger partial charge in [-0.1, -0.05) is 0 Å². The maximum Gasteiger partial charge on any atom is 0.145 e. The van der Waals surface area contributed by atoms with Crippen molar-refractivity contribution in [2.24, 2.45) is 0 Å². The highest BCUT2D eigenvalue weighted by atomic mass is 19.1. The van der Waals surface area contributed by atoms with Crippen LogP contribution in [0.2, 0.25) is 0 Å². The van der Waals surface area contributed by atoms with Gasteiger partial charge in [0.1, 0.15) is 23.5 Å². The Morgan fingerprint density at radius 3 is 2.48 bits per heavy atom. The summed E-state index contributed by atoms with van der Waals surface area (Å²) in [7, 11) is 1.64. The second kappa shape index (κ2) is 6.40. The second-order valence-corrected chi connectivity index (χ2v) is 5.90. The summed E-state index contributed by atoms with van der Waals surface area (Å²) >= 11 is 0. The first-order chi connectivity index (χ1) is 12.0. The van der Waals surface area contributed by atoms with E-state index < -0.39 is 5.82 Å². The van der Waals surface area contributed by atoms with Crippen molar-refractivity contribution in [1.82, 2.24) is 9.55 Å². The molecule has 1 heterocycles. The zero-order chi connectivity index (χ0) is 18.1. The van der Waals surface area contributed by atoms with Crippen molar-refractivity contribution in [2.45, 2.75) is 20.8 Å². The first-order valence-corrected chi connectivity index (χ1v) is 7.87. The summed E-state index contributed by atoms with van der Waals surface area (Å²) in [4.78, 5) is 4.61. The van der Waals surface area contributed by atoms with Gasteiger partial charge in [0.2, 0.25) is 0 Å². The first-order valence-electron chi connectivity index (χ1n) is 7.87. The van der Waals surface area contributed by atoms with Crippen LogP contribution < -0.4 is 4.74 Å². The van der Waals surface area contributed by atoms with Gasteiger partial charge >= 0.3 is 0 Å². The molecule has 0 aliphatic carbocycles. The summed E-state index contributed by atoms with van der Waals surface area (Å²) in [5.41, 5.74) is 4.42. The molecule has 0 fully saturated rings. The van der Waals surface area contributed by atoms with E-state index in [1.54, 1.807) is 13.2 Å². The van der Waals surface area contributed by atoms with Crippen LogP contribution in [0.1, 0.15) is 22.5 Å². The lowest BCUT2D eigenvalue weighted by atomic mass is 10.1. The van der Waals surface area contributed by atoms with E-state index in [4.69, 9.17) is 10.00 Å². The molecule has 0 unspecified atom stereocenters. The predicted molar refractivity (Wildman–Crippen MR) is 94.4 cm³/mol. The molecule has 3 aromatic rings. The number of nitrogens with zero attached hydrogens (tertiary/aromatic N) is 3. The maximum absolute atomic E-state index is 14.1. The summed E-state index contributed by atoms with van der Waals surface area (Å²) in [6.45, 7) is 5.87. The van der Waals surface area contributed by atoms with Crippen LogP contribution in [-0.4, -0.2) is 16.7 Å². The van der Waals surface area contributed by atoms with Crippen molar-refractivity contribution < 1.29 is 9.13 Å². The molecule has 0 aliphatic rings. The minimum Gasteiger partial charge on any atom is -0.496 e. The van der Waals surface area contributed by atoms with E-state index in [1.807, 2.05) is 49.6 Å².